The number of fused-ring (bicyclic) bond motifs is 1. The molecule has 1 aliphatic heterocycles. The van der Waals surface area contributed by atoms with E-state index in [2.05, 4.69) is 44.3 Å². The zero-order valence-corrected chi connectivity index (χ0v) is 20.4. The Kier molecular flexibility index (Phi) is 7.42. The highest BCUT2D eigenvalue weighted by atomic mass is 16.3. The number of anilines is 1. The molecule has 0 spiro atoms. The molecule has 1 amide bonds. The van der Waals surface area contributed by atoms with Gasteiger partial charge >= 0.3 is 0 Å². The van der Waals surface area contributed by atoms with E-state index in [1.165, 1.54) is 37.8 Å². The molecule has 5 rings (SSSR count). The van der Waals surface area contributed by atoms with Crippen molar-refractivity contribution < 1.29 is 9.90 Å². The highest BCUT2D eigenvalue weighted by molar-refractivity contribution is 5.95. The van der Waals surface area contributed by atoms with Crippen LogP contribution in [0.15, 0.2) is 64.8 Å². The third-order valence-electron chi connectivity index (χ3n) is 7.51. The van der Waals surface area contributed by atoms with Crippen molar-refractivity contribution in [1.29, 1.82) is 0 Å². The van der Waals surface area contributed by atoms with Crippen LogP contribution in [0.5, 0.6) is 5.88 Å². The van der Waals surface area contributed by atoms with Crippen LogP contribution in [-0.2, 0) is 11.5 Å². The SMILES string of the molecule is O=C(CCC1CCCCC1)N=Nc1c(O)n(CN2CCN(c3ccccc3)CC2)c2ccccc12. The highest BCUT2D eigenvalue weighted by Crippen LogP contribution is 2.39. The van der Waals surface area contributed by atoms with Gasteiger partial charge in [0.25, 0.3) is 5.91 Å². The number of hydrogen-bond acceptors (Lipinski definition) is 5. The van der Waals surface area contributed by atoms with Gasteiger partial charge in [0.05, 0.1) is 12.2 Å². The van der Waals surface area contributed by atoms with E-state index in [0.717, 1.165) is 43.5 Å². The summed E-state index contributed by atoms with van der Waals surface area (Å²) < 4.78 is 1.88. The van der Waals surface area contributed by atoms with Crippen LogP contribution < -0.4 is 4.90 Å². The Balaban J connectivity index is 1.25. The zero-order chi connectivity index (χ0) is 24.0. The first-order valence-corrected chi connectivity index (χ1v) is 13.0. The minimum atomic E-state index is -0.205. The summed E-state index contributed by atoms with van der Waals surface area (Å²) in [5, 5.41) is 20.1. The van der Waals surface area contributed by atoms with Crippen LogP contribution in [0.2, 0.25) is 0 Å². The molecule has 0 bridgehead atoms. The minimum Gasteiger partial charge on any atom is -0.493 e. The number of nitrogens with zero attached hydrogens (tertiary/aromatic N) is 5. The van der Waals surface area contributed by atoms with Gasteiger partial charge < -0.3 is 10.0 Å². The number of carbonyl (C=O) groups excluding carboxylic acids is 1. The quantitative estimate of drug-likeness (QED) is 0.421. The van der Waals surface area contributed by atoms with Crippen LogP contribution in [-0.4, -0.2) is 46.7 Å². The van der Waals surface area contributed by atoms with Crippen LogP contribution in [0.1, 0.15) is 44.9 Å². The van der Waals surface area contributed by atoms with Crippen LogP contribution in [0.25, 0.3) is 10.9 Å². The fourth-order valence-corrected chi connectivity index (χ4v) is 5.46. The van der Waals surface area contributed by atoms with E-state index in [9.17, 15) is 9.90 Å². The third-order valence-corrected chi connectivity index (χ3v) is 7.51. The van der Waals surface area contributed by atoms with Gasteiger partial charge in [-0.2, -0.15) is 0 Å². The summed E-state index contributed by atoms with van der Waals surface area (Å²) >= 11 is 0. The van der Waals surface area contributed by atoms with E-state index in [4.69, 9.17) is 0 Å². The summed E-state index contributed by atoms with van der Waals surface area (Å²) in [5.41, 5.74) is 2.53. The van der Waals surface area contributed by atoms with Crippen LogP contribution in [0.4, 0.5) is 11.4 Å². The molecule has 2 aromatic carbocycles. The van der Waals surface area contributed by atoms with E-state index in [1.54, 1.807) is 0 Å². The monoisotopic (exact) mass is 473 g/mol. The zero-order valence-electron chi connectivity index (χ0n) is 20.4. The lowest BCUT2D eigenvalue weighted by Gasteiger charge is -2.36. The van der Waals surface area contributed by atoms with E-state index in [0.29, 0.717) is 24.7 Å². The number of para-hydroxylation sites is 2. The topological polar surface area (TPSA) is 73.4 Å². The summed E-state index contributed by atoms with van der Waals surface area (Å²) in [4.78, 5) is 17.1. The molecule has 1 aliphatic carbocycles. The summed E-state index contributed by atoms with van der Waals surface area (Å²) in [5.74, 6) is 0.505. The standard InChI is InChI=1S/C28H35N5O2/c34-26(16-15-22-9-3-1-4-10-22)29-30-27-24-13-7-8-14-25(24)33(28(27)35)21-31-17-19-32(20-18-31)23-11-5-2-6-12-23/h2,5-8,11-14,22,35H,1,3-4,9-10,15-21H2. The van der Waals surface area contributed by atoms with Crippen molar-refractivity contribution in [2.24, 2.45) is 16.1 Å². The first-order chi connectivity index (χ1) is 17.2. The third kappa shape index (κ3) is 5.56. The molecule has 7 heteroatoms. The number of piperazine rings is 1. The van der Waals surface area contributed by atoms with Gasteiger partial charge in [0.1, 0.15) is 0 Å². The molecule has 1 saturated heterocycles. The number of carbonyl (C=O) groups is 1. The number of hydrogen-bond donors (Lipinski definition) is 1. The second-order valence-corrected chi connectivity index (χ2v) is 9.84. The van der Waals surface area contributed by atoms with E-state index >= 15 is 0 Å². The summed E-state index contributed by atoms with van der Waals surface area (Å²) in [6, 6.07) is 18.3. The van der Waals surface area contributed by atoms with Crippen LogP contribution >= 0.6 is 0 Å². The maximum absolute atomic E-state index is 12.4. The normalized spacial score (nSPS) is 18.0. The number of aromatic hydroxyl groups is 1. The molecular weight excluding hydrogens is 438 g/mol. The number of azo groups is 1. The maximum Gasteiger partial charge on any atom is 0.264 e. The molecular formula is C28H35N5O2. The van der Waals surface area contributed by atoms with E-state index < -0.39 is 0 Å². The molecule has 1 N–H and O–H groups in total. The number of aromatic nitrogens is 1. The van der Waals surface area contributed by atoms with Gasteiger partial charge in [-0.05, 0) is 30.5 Å². The molecule has 1 aromatic heterocycles. The Labute approximate surface area is 207 Å². The van der Waals surface area contributed by atoms with Gasteiger partial charge in [-0.3, -0.25) is 14.3 Å². The van der Waals surface area contributed by atoms with Gasteiger partial charge in [0.2, 0.25) is 5.88 Å². The fourth-order valence-electron chi connectivity index (χ4n) is 5.46. The highest BCUT2D eigenvalue weighted by Gasteiger charge is 2.22. The molecule has 2 aliphatic rings. The molecule has 35 heavy (non-hydrogen) atoms. The van der Waals surface area contributed by atoms with Crippen LogP contribution in [0, 0.1) is 5.92 Å². The Morgan fingerprint density at radius 3 is 2.40 bits per heavy atom. The predicted molar refractivity (Wildman–Crippen MR) is 139 cm³/mol. The van der Waals surface area contributed by atoms with Crippen molar-refractivity contribution in [3.05, 3.63) is 54.6 Å². The minimum absolute atomic E-state index is 0.0699. The lowest BCUT2D eigenvalue weighted by molar-refractivity contribution is -0.118. The summed E-state index contributed by atoms with van der Waals surface area (Å²) in [7, 11) is 0. The van der Waals surface area contributed by atoms with Gasteiger partial charge in [0.15, 0.2) is 5.69 Å². The fraction of sp³-hybridized carbons (Fsp3) is 0.464. The van der Waals surface area contributed by atoms with Gasteiger partial charge in [-0.15, -0.1) is 10.2 Å². The number of benzene rings is 2. The molecule has 3 aromatic rings. The number of amides is 1. The lowest BCUT2D eigenvalue weighted by Crippen LogP contribution is -2.46. The van der Waals surface area contributed by atoms with Crippen molar-refractivity contribution in [1.82, 2.24) is 9.47 Å². The van der Waals surface area contributed by atoms with Crippen molar-refractivity contribution in [3.63, 3.8) is 0 Å². The second-order valence-electron chi connectivity index (χ2n) is 9.84. The van der Waals surface area contributed by atoms with Crippen LogP contribution in [0.3, 0.4) is 0 Å². The smallest absolute Gasteiger partial charge is 0.264 e. The molecule has 184 valence electrons. The van der Waals surface area contributed by atoms with Crippen molar-refractivity contribution in [2.75, 3.05) is 31.1 Å². The van der Waals surface area contributed by atoms with Crippen molar-refractivity contribution in [3.8, 4) is 5.88 Å². The molecule has 0 unspecified atom stereocenters. The van der Waals surface area contributed by atoms with E-state index in [1.807, 2.05) is 34.9 Å². The Bertz CT molecular complexity index is 1160. The van der Waals surface area contributed by atoms with E-state index in [-0.39, 0.29) is 11.8 Å². The van der Waals surface area contributed by atoms with Crippen molar-refractivity contribution in [2.45, 2.75) is 51.6 Å². The largest absolute Gasteiger partial charge is 0.493 e. The second kappa shape index (κ2) is 11.0. The molecule has 1 saturated carbocycles. The Hall–Kier alpha value is -3.19. The average molecular weight is 474 g/mol. The Morgan fingerprint density at radius 1 is 0.914 bits per heavy atom. The number of rotatable bonds is 7. The lowest BCUT2D eigenvalue weighted by atomic mass is 9.86. The van der Waals surface area contributed by atoms with Gasteiger partial charge in [-0.25, -0.2) is 0 Å². The average Bonchev–Trinajstić information content (AvgIpc) is 3.18. The molecule has 2 heterocycles. The van der Waals surface area contributed by atoms with Gasteiger partial charge in [0, 0.05) is 43.7 Å². The maximum atomic E-state index is 12.4. The summed E-state index contributed by atoms with van der Waals surface area (Å²) in [6.45, 7) is 4.24. The molecule has 0 atom stereocenters. The molecule has 2 fully saturated rings. The molecule has 0 radical (unpaired) electrons. The van der Waals surface area contributed by atoms with Gasteiger partial charge in [-0.1, -0.05) is 68.5 Å². The summed E-state index contributed by atoms with van der Waals surface area (Å²) in [6.07, 6.45) is 7.62. The predicted octanol–water partition coefficient (Wildman–Crippen LogP) is 6.10. The van der Waals surface area contributed by atoms with Crippen molar-refractivity contribution >= 4 is 28.2 Å². The molecule has 7 nitrogen and oxygen atoms in total. The first kappa shape index (κ1) is 23.5. The first-order valence-electron chi connectivity index (χ1n) is 13.0. The Morgan fingerprint density at radius 2 is 1.63 bits per heavy atom.